The van der Waals surface area contributed by atoms with Crippen molar-refractivity contribution in [3.63, 3.8) is 0 Å². The highest BCUT2D eigenvalue weighted by molar-refractivity contribution is 7.48. The molecule has 2 atom stereocenters. The molecule has 0 radical (unpaired) electrons. The molecule has 0 saturated carbocycles. The SMILES string of the molecule is COC(=O)CCNC(=O)[C@@H]1O[P@@](=O)(OCOC(=O)c2cnco2)OCC1(C)C. The van der Waals surface area contributed by atoms with Crippen LogP contribution in [0.25, 0.3) is 0 Å². The lowest BCUT2D eigenvalue weighted by Crippen LogP contribution is -2.50. The first-order valence-electron chi connectivity index (χ1n) is 8.14. The fourth-order valence-corrected chi connectivity index (χ4v) is 3.62. The van der Waals surface area contributed by atoms with Gasteiger partial charge >= 0.3 is 19.8 Å². The van der Waals surface area contributed by atoms with Crippen LogP contribution in [0.3, 0.4) is 0 Å². The topological polar surface area (TPSA) is 152 Å². The van der Waals surface area contributed by atoms with Gasteiger partial charge in [-0.2, -0.15) is 0 Å². The van der Waals surface area contributed by atoms with E-state index in [0.29, 0.717) is 0 Å². The summed E-state index contributed by atoms with van der Waals surface area (Å²) in [6.07, 6.45) is 0.959. The average molecular weight is 420 g/mol. The predicted octanol–water partition coefficient (Wildman–Crippen LogP) is 1.03. The van der Waals surface area contributed by atoms with Crippen LogP contribution in [-0.2, 0) is 37.2 Å². The van der Waals surface area contributed by atoms with Crippen molar-refractivity contribution in [3.8, 4) is 0 Å². The molecule has 1 fully saturated rings. The van der Waals surface area contributed by atoms with Gasteiger partial charge in [-0.25, -0.2) is 18.9 Å². The number of nitrogens with one attached hydrogen (secondary N) is 1. The van der Waals surface area contributed by atoms with E-state index < -0.39 is 44.0 Å². The van der Waals surface area contributed by atoms with Gasteiger partial charge in [0.2, 0.25) is 18.5 Å². The van der Waals surface area contributed by atoms with Crippen LogP contribution in [0.1, 0.15) is 30.8 Å². The highest BCUT2D eigenvalue weighted by Crippen LogP contribution is 2.57. The van der Waals surface area contributed by atoms with Gasteiger partial charge in [0.1, 0.15) is 0 Å². The molecule has 1 aliphatic heterocycles. The molecule has 2 heterocycles. The Balaban J connectivity index is 1.89. The van der Waals surface area contributed by atoms with E-state index in [2.05, 4.69) is 15.0 Å². The lowest BCUT2D eigenvalue weighted by atomic mass is 9.87. The van der Waals surface area contributed by atoms with Crippen molar-refractivity contribution >= 4 is 25.7 Å². The van der Waals surface area contributed by atoms with Crippen LogP contribution in [-0.4, -0.2) is 56.0 Å². The van der Waals surface area contributed by atoms with Crippen molar-refractivity contribution in [3.05, 3.63) is 18.4 Å². The van der Waals surface area contributed by atoms with Gasteiger partial charge in [-0.15, -0.1) is 0 Å². The summed E-state index contributed by atoms with van der Waals surface area (Å²) in [7, 11) is -2.94. The Hall–Kier alpha value is -2.27. The molecule has 12 nitrogen and oxygen atoms in total. The summed E-state index contributed by atoms with van der Waals surface area (Å²) >= 11 is 0. The van der Waals surface area contributed by atoms with Crippen molar-refractivity contribution < 1.29 is 46.4 Å². The number of aromatic nitrogens is 1. The Kier molecular flexibility index (Phi) is 7.30. The Morgan fingerprint density at radius 3 is 2.79 bits per heavy atom. The molecule has 2 rings (SSSR count). The third-order valence-electron chi connectivity index (χ3n) is 3.67. The number of hydrogen-bond acceptors (Lipinski definition) is 11. The van der Waals surface area contributed by atoms with Crippen molar-refractivity contribution in [1.82, 2.24) is 10.3 Å². The number of hydrogen-bond donors (Lipinski definition) is 1. The summed E-state index contributed by atoms with van der Waals surface area (Å²) in [6.45, 7) is 2.49. The number of ether oxygens (including phenoxy) is 2. The van der Waals surface area contributed by atoms with Crippen molar-refractivity contribution in [2.24, 2.45) is 5.41 Å². The molecule has 1 amide bonds. The van der Waals surface area contributed by atoms with Crippen LogP contribution in [0.15, 0.2) is 17.0 Å². The number of methoxy groups -OCH3 is 1. The Bertz CT molecular complexity index is 748. The van der Waals surface area contributed by atoms with Crippen LogP contribution >= 0.6 is 7.82 Å². The van der Waals surface area contributed by atoms with Gasteiger partial charge in [-0.05, 0) is 0 Å². The van der Waals surface area contributed by atoms with Crippen LogP contribution in [0, 0.1) is 5.41 Å². The number of phosphoric ester groups is 1. The fourth-order valence-electron chi connectivity index (χ4n) is 2.11. The highest BCUT2D eigenvalue weighted by atomic mass is 31.2. The summed E-state index contributed by atoms with van der Waals surface area (Å²) in [5.41, 5.74) is -0.830. The van der Waals surface area contributed by atoms with Gasteiger partial charge in [0, 0.05) is 12.0 Å². The van der Waals surface area contributed by atoms with E-state index >= 15 is 0 Å². The largest absolute Gasteiger partial charge is 0.478 e. The minimum atomic E-state index is -4.17. The fraction of sp³-hybridized carbons (Fsp3) is 0.600. The van der Waals surface area contributed by atoms with E-state index in [1.54, 1.807) is 13.8 Å². The second-order valence-electron chi connectivity index (χ2n) is 6.36. The summed E-state index contributed by atoms with van der Waals surface area (Å²) < 4.78 is 41.8. The number of amides is 1. The number of nitrogens with zero attached hydrogens (tertiary/aromatic N) is 1. The van der Waals surface area contributed by atoms with E-state index in [0.717, 1.165) is 12.6 Å². The number of oxazole rings is 1. The lowest BCUT2D eigenvalue weighted by molar-refractivity contribution is -0.144. The van der Waals surface area contributed by atoms with E-state index in [-0.39, 0.29) is 25.3 Å². The molecular formula is C15H21N2O10P. The number of esters is 2. The maximum Gasteiger partial charge on any atom is 0.478 e. The molecular weight excluding hydrogens is 399 g/mol. The zero-order valence-corrected chi connectivity index (χ0v) is 16.4. The molecule has 0 spiro atoms. The molecule has 1 aliphatic rings. The van der Waals surface area contributed by atoms with Crippen molar-refractivity contribution in [1.29, 1.82) is 0 Å². The molecule has 1 saturated heterocycles. The van der Waals surface area contributed by atoms with Gasteiger partial charge in [0.25, 0.3) is 0 Å². The second kappa shape index (κ2) is 9.28. The average Bonchev–Trinajstić information content (AvgIpc) is 3.18. The van der Waals surface area contributed by atoms with Crippen LogP contribution in [0.5, 0.6) is 0 Å². The molecule has 1 aromatic heterocycles. The number of carbonyl (C=O) groups excluding carboxylic acids is 3. The molecule has 28 heavy (non-hydrogen) atoms. The molecule has 1 N–H and O–H groups in total. The molecule has 13 heteroatoms. The van der Waals surface area contributed by atoms with E-state index in [9.17, 15) is 18.9 Å². The Morgan fingerprint density at radius 1 is 1.39 bits per heavy atom. The number of carbonyl (C=O) groups is 3. The lowest BCUT2D eigenvalue weighted by Gasteiger charge is -2.39. The molecule has 156 valence electrons. The quantitative estimate of drug-likeness (QED) is 0.364. The zero-order valence-electron chi connectivity index (χ0n) is 15.5. The molecule has 0 aliphatic carbocycles. The van der Waals surface area contributed by atoms with E-state index in [1.807, 2.05) is 0 Å². The molecule has 1 aromatic rings. The molecule has 0 unspecified atom stereocenters. The highest BCUT2D eigenvalue weighted by Gasteiger charge is 2.49. The minimum Gasteiger partial charge on any atom is -0.469 e. The first kappa shape index (κ1) is 22.0. The normalized spacial score (nSPS) is 23.6. The minimum absolute atomic E-state index is 0.0161. The van der Waals surface area contributed by atoms with Crippen molar-refractivity contribution in [2.45, 2.75) is 26.4 Å². The van der Waals surface area contributed by atoms with Crippen LogP contribution < -0.4 is 5.32 Å². The summed E-state index contributed by atoms with van der Waals surface area (Å²) in [6, 6.07) is 0. The standard InChI is InChI=1S/C15H21N2O10P/c1-15(2)7-25-28(21,26-9-24-14(20)10-6-16-8-23-10)27-12(15)13(19)17-5-4-11(18)22-3/h6,8,12H,4-5,7,9H2,1-3H3,(H,17,19)/t12-,28+/m0/s1. The Morgan fingerprint density at radius 2 is 2.14 bits per heavy atom. The van der Waals surface area contributed by atoms with E-state index in [1.165, 1.54) is 7.11 Å². The second-order valence-corrected chi connectivity index (χ2v) is 7.98. The van der Waals surface area contributed by atoms with Gasteiger partial charge in [0.05, 0.1) is 26.3 Å². The first-order chi connectivity index (χ1) is 13.2. The van der Waals surface area contributed by atoms with Gasteiger partial charge in [0.15, 0.2) is 12.5 Å². The van der Waals surface area contributed by atoms with Crippen LogP contribution in [0.4, 0.5) is 0 Å². The van der Waals surface area contributed by atoms with Crippen LogP contribution in [0.2, 0.25) is 0 Å². The van der Waals surface area contributed by atoms with E-state index in [4.69, 9.17) is 22.7 Å². The molecule has 0 bridgehead atoms. The smallest absolute Gasteiger partial charge is 0.469 e. The maximum absolute atomic E-state index is 12.6. The number of rotatable bonds is 8. The summed E-state index contributed by atoms with van der Waals surface area (Å²) in [5, 5.41) is 2.50. The van der Waals surface area contributed by atoms with Gasteiger partial charge in [-0.1, -0.05) is 13.8 Å². The van der Waals surface area contributed by atoms with Gasteiger partial charge in [-0.3, -0.25) is 18.6 Å². The first-order valence-corrected chi connectivity index (χ1v) is 9.60. The monoisotopic (exact) mass is 420 g/mol. The maximum atomic E-state index is 12.6. The molecule has 0 aromatic carbocycles. The summed E-state index contributed by atoms with van der Waals surface area (Å²) in [5.74, 6) is -2.15. The van der Waals surface area contributed by atoms with Gasteiger partial charge < -0.3 is 19.2 Å². The van der Waals surface area contributed by atoms with Crippen molar-refractivity contribution in [2.75, 3.05) is 27.1 Å². The zero-order chi connectivity index (χ0) is 20.8. The Labute approximate surface area is 160 Å². The number of phosphoric acid groups is 1. The predicted molar refractivity (Wildman–Crippen MR) is 89.7 cm³/mol. The third kappa shape index (κ3) is 5.86. The third-order valence-corrected chi connectivity index (χ3v) is 5.00. The summed E-state index contributed by atoms with van der Waals surface area (Å²) in [4.78, 5) is 38.7.